The van der Waals surface area contributed by atoms with E-state index < -0.39 is 0 Å². The molecule has 1 rings (SSSR count). The monoisotopic (exact) mass is 281 g/mol. The highest BCUT2D eigenvalue weighted by molar-refractivity contribution is 7.97. The predicted octanol–water partition coefficient (Wildman–Crippen LogP) is 3.43. The summed E-state index contributed by atoms with van der Waals surface area (Å²) >= 11 is 1.82. The van der Waals surface area contributed by atoms with Crippen LogP contribution in [0.3, 0.4) is 0 Å². The third-order valence-electron chi connectivity index (χ3n) is 3.14. The Hall–Kier alpha value is -0.710. The molecule has 0 saturated heterocycles. The van der Waals surface area contributed by atoms with Gasteiger partial charge in [0.05, 0.1) is 0 Å². The van der Waals surface area contributed by atoms with E-state index in [1.54, 1.807) is 0 Å². The number of hydrogen-bond acceptors (Lipinski definition) is 4. The van der Waals surface area contributed by atoms with Crippen molar-refractivity contribution in [1.29, 1.82) is 0 Å². The lowest BCUT2D eigenvalue weighted by Gasteiger charge is -2.31. The number of nitrogens with one attached hydrogen (secondary N) is 1. The number of benzene rings is 1. The molecule has 0 spiro atoms. The highest BCUT2D eigenvalue weighted by Crippen LogP contribution is 2.29. The Kier molecular flexibility index (Phi) is 6.69. The van der Waals surface area contributed by atoms with Crippen LogP contribution in [0.5, 0.6) is 0 Å². The number of anilines is 1. The number of nitrogens with zero attached hydrogens (tertiary/aromatic N) is 1. The van der Waals surface area contributed by atoms with Crippen LogP contribution in [0.4, 0.5) is 5.69 Å². The zero-order chi connectivity index (χ0) is 14.3. The Labute approximate surface area is 122 Å². The molecule has 0 unspecified atom stereocenters. The maximum absolute atomic E-state index is 5.69. The van der Waals surface area contributed by atoms with E-state index in [1.807, 2.05) is 19.0 Å². The third-order valence-corrected chi connectivity index (χ3v) is 4.25. The molecule has 1 aromatic carbocycles. The summed E-state index contributed by atoms with van der Waals surface area (Å²) in [6.45, 7) is 9.61. The third kappa shape index (κ3) is 5.85. The first-order valence-corrected chi connectivity index (χ1v) is 7.69. The number of nitrogens with two attached hydrogens (primary N) is 1. The van der Waals surface area contributed by atoms with Crippen molar-refractivity contribution in [2.24, 2.45) is 11.1 Å². The number of rotatable bonds is 8. The Morgan fingerprint density at radius 2 is 2.11 bits per heavy atom. The standard InChI is InChI=1S/C15H27N3S/c1-5-18(12-15(2,3)9-10-16)19-14-8-6-7-13(11-14)17-4/h6-8,11,17H,5,9-10,12,16H2,1-4H3. The van der Waals surface area contributed by atoms with Crippen molar-refractivity contribution in [3.63, 3.8) is 0 Å². The normalized spacial score (nSPS) is 11.9. The van der Waals surface area contributed by atoms with Gasteiger partial charge in [-0.25, -0.2) is 4.31 Å². The quantitative estimate of drug-likeness (QED) is 0.716. The summed E-state index contributed by atoms with van der Waals surface area (Å²) in [4.78, 5) is 1.28. The Balaban J connectivity index is 2.65. The van der Waals surface area contributed by atoms with Crippen LogP contribution in [0.1, 0.15) is 27.2 Å². The van der Waals surface area contributed by atoms with Crippen molar-refractivity contribution in [2.75, 3.05) is 32.0 Å². The van der Waals surface area contributed by atoms with E-state index in [9.17, 15) is 0 Å². The lowest BCUT2D eigenvalue weighted by molar-refractivity contribution is 0.264. The highest BCUT2D eigenvalue weighted by atomic mass is 32.2. The SMILES string of the molecule is CCN(CC(C)(C)CCN)Sc1cccc(NC)c1. The van der Waals surface area contributed by atoms with Gasteiger partial charge in [0.25, 0.3) is 0 Å². The van der Waals surface area contributed by atoms with E-state index in [4.69, 9.17) is 5.73 Å². The van der Waals surface area contributed by atoms with E-state index in [0.717, 1.165) is 31.7 Å². The van der Waals surface area contributed by atoms with Crippen molar-refractivity contribution in [2.45, 2.75) is 32.1 Å². The first-order valence-electron chi connectivity index (χ1n) is 6.91. The number of hydrogen-bond donors (Lipinski definition) is 2. The molecule has 108 valence electrons. The predicted molar refractivity (Wildman–Crippen MR) is 86.5 cm³/mol. The summed E-state index contributed by atoms with van der Waals surface area (Å²) < 4.78 is 2.41. The molecule has 3 N–H and O–H groups in total. The summed E-state index contributed by atoms with van der Waals surface area (Å²) in [5.74, 6) is 0. The molecular weight excluding hydrogens is 254 g/mol. The van der Waals surface area contributed by atoms with Gasteiger partial charge in [0.1, 0.15) is 0 Å². The maximum atomic E-state index is 5.69. The fourth-order valence-corrected chi connectivity index (χ4v) is 3.17. The maximum Gasteiger partial charge on any atom is 0.0349 e. The molecule has 0 heterocycles. The van der Waals surface area contributed by atoms with Gasteiger partial charge in [-0.3, -0.25) is 0 Å². The van der Waals surface area contributed by atoms with Gasteiger partial charge in [-0.2, -0.15) is 0 Å². The molecule has 0 aliphatic heterocycles. The molecular formula is C15H27N3S. The second-order valence-electron chi connectivity index (χ2n) is 5.53. The van der Waals surface area contributed by atoms with Crippen LogP contribution >= 0.6 is 11.9 Å². The Morgan fingerprint density at radius 3 is 2.68 bits per heavy atom. The van der Waals surface area contributed by atoms with Gasteiger partial charge in [-0.05, 0) is 48.5 Å². The summed E-state index contributed by atoms with van der Waals surface area (Å²) in [7, 11) is 1.95. The second kappa shape index (κ2) is 7.78. The van der Waals surface area contributed by atoms with Crippen molar-refractivity contribution in [1.82, 2.24) is 4.31 Å². The van der Waals surface area contributed by atoms with Crippen molar-refractivity contribution in [3.8, 4) is 0 Å². The minimum Gasteiger partial charge on any atom is -0.388 e. The van der Waals surface area contributed by atoms with Gasteiger partial charge in [-0.1, -0.05) is 26.8 Å². The van der Waals surface area contributed by atoms with Crippen molar-refractivity contribution < 1.29 is 0 Å². The zero-order valence-corrected chi connectivity index (χ0v) is 13.4. The minimum atomic E-state index is 0.262. The van der Waals surface area contributed by atoms with Gasteiger partial charge >= 0.3 is 0 Å². The molecule has 0 atom stereocenters. The van der Waals surface area contributed by atoms with Crippen LogP contribution in [0, 0.1) is 5.41 Å². The molecule has 0 radical (unpaired) electrons. The summed E-state index contributed by atoms with van der Waals surface area (Å²) in [6.07, 6.45) is 1.06. The fourth-order valence-electron chi connectivity index (χ4n) is 2.01. The van der Waals surface area contributed by atoms with Crippen LogP contribution < -0.4 is 11.1 Å². The molecule has 19 heavy (non-hydrogen) atoms. The lowest BCUT2D eigenvalue weighted by atomic mass is 9.89. The summed E-state index contributed by atoms with van der Waals surface area (Å²) in [5.41, 5.74) is 7.11. The van der Waals surface area contributed by atoms with E-state index in [1.165, 1.54) is 4.90 Å². The van der Waals surface area contributed by atoms with E-state index in [-0.39, 0.29) is 5.41 Å². The van der Waals surface area contributed by atoms with Gasteiger partial charge < -0.3 is 11.1 Å². The van der Waals surface area contributed by atoms with Crippen LogP contribution in [0.2, 0.25) is 0 Å². The molecule has 1 aromatic rings. The summed E-state index contributed by atoms with van der Waals surface area (Å²) in [5, 5.41) is 3.18. The van der Waals surface area contributed by atoms with E-state index in [2.05, 4.69) is 54.7 Å². The van der Waals surface area contributed by atoms with E-state index >= 15 is 0 Å². The first kappa shape index (κ1) is 16.3. The molecule has 0 aliphatic rings. The molecule has 0 amide bonds. The van der Waals surface area contributed by atoms with Crippen LogP contribution in [-0.2, 0) is 0 Å². The van der Waals surface area contributed by atoms with Gasteiger partial charge in [0.15, 0.2) is 0 Å². The molecule has 0 fully saturated rings. The molecule has 0 bridgehead atoms. The van der Waals surface area contributed by atoms with E-state index in [0.29, 0.717) is 0 Å². The van der Waals surface area contributed by atoms with Gasteiger partial charge in [0, 0.05) is 30.7 Å². The summed E-state index contributed by atoms with van der Waals surface area (Å²) in [6, 6.07) is 8.51. The Morgan fingerprint density at radius 1 is 1.37 bits per heavy atom. The molecule has 0 saturated carbocycles. The molecule has 4 heteroatoms. The molecule has 3 nitrogen and oxygen atoms in total. The Bertz CT molecular complexity index is 379. The van der Waals surface area contributed by atoms with Crippen LogP contribution in [0.25, 0.3) is 0 Å². The fraction of sp³-hybridized carbons (Fsp3) is 0.600. The minimum absolute atomic E-state index is 0.262. The van der Waals surface area contributed by atoms with Crippen molar-refractivity contribution in [3.05, 3.63) is 24.3 Å². The van der Waals surface area contributed by atoms with Crippen LogP contribution in [-0.4, -0.2) is 31.0 Å². The van der Waals surface area contributed by atoms with Crippen molar-refractivity contribution >= 4 is 17.6 Å². The molecule has 0 aromatic heterocycles. The smallest absolute Gasteiger partial charge is 0.0349 e. The van der Waals surface area contributed by atoms with Gasteiger partial charge in [-0.15, -0.1) is 0 Å². The average molecular weight is 281 g/mol. The zero-order valence-electron chi connectivity index (χ0n) is 12.6. The largest absolute Gasteiger partial charge is 0.388 e. The topological polar surface area (TPSA) is 41.3 Å². The highest BCUT2D eigenvalue weighted by Gasteiger charge is 2.21. The van der Waals surface area contributed by atoms with Gasteiger partial charge in [0.2, 0.25) is 0 Å². The molecule has 0 aliphatic carbocycles. The average Bonchev–Trinajstić information content (AvgIpc) is 2.37. The lowest BCUT2D eigenvalue weighted by Crippen LogP contribution is -2.31. The second-order valence-corrected chi connectivity index (χ2v) is 6.70. The van der Waals surface area contributed by atoms with Crippen LogP contribution in [0.15, 0.2) is 29.2 Å². The first-order chi connectivity index (χ1) is 9.00.